The van der Waals surface area contributed by atoms with Gasteiger partial charge in [0, 0.05) is 9.75 Å². The van der Waals surface area contributed by atoms with Gasteiger partial charge in [-0.25, -0.2) is 13.4 Å². The van der Waals surface area contributed by atoms with Gasteiger partial charge in [0.05, 0.1) is 23.4 Å². The van der Waals surface area contributed by atoms with Crippen LogP contribution in [0.4, 0.5) is 5.69 Å². The summed E-state index contributed by atoms with van der Waals surface area (Å²) < 4.78 is 33.8. The highest BCUT2D eigenvalue weighted by atomic mass is 32.2. The summed E-state index contributed by atoms with van der Waals surface area (Å²) in [6.45, 7) is 7.68. The first-order valence-electron chi connectivity index (χ1n) is 7.93. The van der Waals surface area contributed by atoms with Crippen molar-refractivity contribution in [1.82, 2.24) is 4.98 Å². The number of nitrogens with one attached hydrogen (secondary N) is 1. The van der Waals surface area contributed by atoms with Gasteiger partial charge in [0.25, 0.3) is 10.0 Å². The van der Waals surface area contributed by atoms with Crippen LogP contribution in [0.25, 0.3) is 9.88 Å². The van der Waals surface area contributed by atoms with E-state index in [0.29, 0.717) is 11.4 Å². The minimum atomic E-state index is -3.73. The lowest BCUT2D eigenvalue weighted by Crippen LogP contribution is -2.14. The van der Waals surface area contributed by atoms with E-state index in [1.165, 1.54) is 18.4 Å². The van der Waals surface area contributed by atoms with Crippen molar-refractivity contribution in [3.63, 3.8) is 0 Å². The van der Waals surface area contributed by atoms with Crippen LogP contribution < -0.4 is 9.46 Å². The highest BCUT2D eigenvalue weighted by Crippen LogP contribution is 2.37. The Morgan fingerprint density at radius 2 is 1.77 bits per heavy atom. The Bertz CT molecular complexity index is 1050. The lowest BCUT2D eigenvalue weighted by molar-refractivity contribution is 0.417. The van der Waals surface area contributed by atoms with E-state index in [2.05, 4.69) is 9.71 Å². The second kappa shape index (κ2) is 7.02. The minimum Gasteiger partial charge on any atom is -0.495 e. The first-order chi connectivity index (χ1) is 12.2. The second-order valence-corrected chi connectivity index (χ2v) is 10.1. The molecule has 0 unspecified atom stereocenters. The molecule has 0 saturated heterocycles. The molecule has 0 aliphatic heterocycles. The molecule has 8 heteroatoms. The molecule has 1 aromatic carbocycles. The van der Waals surface area contributed by atoms with Crippen LogP contribution in [0.5, 0.6) is 5.75 Å². The molecular weight excluding hydrogens is 388 g/mol. The molecule has 2 heterocycles. The van der Waals surface area contributed by atoms with Gasteiger partial charge in [-0.1, -0.05) is 6.07 Å². The zero-order chi connectivity index (χ0) is 19.1. The molecule has 26 heavy (non-hydrogen) atoms. The largest absolute Gasteiger partial charge is 0.495 e. The van der Waals surface area contributed by atoms with E-state index in [4.69, 9.17) is 4.74 Å². The smallest absolute Gasteiger partial charge is 0.263 e. The minimum absolute atomic E-state index is 0.270. The van der Waals surface area contributed by atoms with Crippen LogP contribution in [-0.4, -0.2) is 20.5 Å². The van der Waals surface area contributed by atoms with Gasteiger partial charge >= 0.3 is 0 Å². The first-order valence-corrected chi connectivity index (χ1v) is 11.0. The predicted octanol–water partition coefficient (Wildman–Crippen LogP) is 4.91. The molecule has 138 valence electrons. The van der Waals surface area contributed by atoms with Gasteiger partial charge in [0.15, 0.2) is 0 Å². The zero-order valence-electron chi connectivity index (χ0n) is 15.2. The number of aromatic nitrogens is 1. The number of ether oxygens (including phenoxy) is 1. The lowest BCUT2D eigenvalue weighted by Gasteiger charge is -2.12. The van der Waals surface area contributed by atoms with Crippen molar-refractivity contribution in [2.24, 2.45) is 0 Å². The molecule has 0 aliphatic rings. The third-order valence-corrected chi connectivity index (χ3v) is 7.91. The number of thiazole rings is 1. The zero-order valence-corrected chi connectivity index (χ0v) is 17.7. The summed E-state index contributed by atoms with van der Waals surface area (Å²) in [5.74, 6) is 0.485. The van der Waals surface area contributed by atoms with Gasteiger partial charge in [0.1, 0.15) is 15.7 Å². The molecule has 5 nitrogen and oxygen atoms in total. The number of anilines is 1. The maximum Gasteiger partial charge on any atom is 0.263 e. The molecule has 1 N–H and O–H groups in total. The lowest BCUT2D eigenvalue weighted by atomic mass is 10.2. The summed E-state index contributed by atoms with van der Waals surface area (Å²) in [7, 11) is -2.21. The Morgan fingerprint density at radius 1 is 1.04 bits per heavy atom. The Morgan fingerprint density at radius 3 is 2.38 bits per heavy atom. The normalized spacial score (nSPS) is 11.6. The van der Waals surface area contributed by atoms with Crippen molar-refractivity contribution < 1.29 is 13.2 Å². The van der Waals surface area contributed by atoms with Crippen LogP contribution in [0.15, 0.2) is 29.2 Å². The number of rotatable bonds is 5. The molecule has 0 saturated carbocycles. The maximum absolute atomic E-state index is 12.9. The number of sulfonamides is 1. The number of methoxy groups -OCH3 is 1. The van der Waals surface area contributed by atoms with Crippen LogP contribution in [0.3, 0.4) is 0 Å². The Labute approximate surface area is 161 Å². The fourth-order valence-corrected chi connectivity index (χ4v) is 6.13. The van der Waals surface area contributed by atoms with Crippen LogP contribution in [0.1, 0.15) is 21.0 Å². The second-order valence-electron chi connectivity index (χ2n) is 6.00. The van der Waals surface area contributed by atoms with Gasteiger partial charge in [-0.15, -0.1) is 22.7 Å². The molecule has 0 fully saturated rings. The van der Waals surface area contributed by atoms with Gasteiger partial charge < -0.3 is 4.74 Å². The third-order valence-electron chi connectivity index (χ3n) is 4.00. The molecule has 2 aromatic heterocycles. The summed E-state index contributed by atoms with van der Waals surface area (Å²) in [5, 5.41) is 0.850. The first kappa shape index (κ1) is 18.9. The summed E-state index contributed by atoms with van der Waals surface area (Å²) in [6.07, 6.45) is 0. The SMILES string of the molecule is COc1ccc(C)cc1NS(=O)(=O)c1cc(-c2nc(C)c(C)s2)sc1C. The maximum atomic E-state index is 12.9. The number of aryl methyl sites for hydroxylation is 4. The summed E-state index contributed by atoms with van der Waals surface area (Å²) in [4.78, 5) is 7.53. The van der Waals surface area contributed by atoms with Gasteiger partial charge in [-0.05, 0) is 51.5 Å². The number of benzene rings is 1. The molecule has 0 spiro atoms. The molecule has 0 bridgehead atoms. The predicted molar refractivity (Wildman–Crippen MR) is 108 cm³/mol. The van der Waals surface area contributed by atoms with Gasteiger partial charge in [0.2, 0.25) is 0 Å². The van der Waals surface area contributed by atoms with Crippen molar-refractivity contribution in [3.05, 3.63) is 45.3 Å². The monoisotopic (exact) mass is 408 g/mol. The van der Waals surface area contributed by atoms with Crippen molar-refractivity contribution in [1.29, 1.82) is 0 Å². The molecule has 3 aromatic rings. The number of thiophene rings is 1. The average molecular weight is 409 g/mol. The van der Waals surface area contributed by atoms with Crippen LogP contribution in [0, 0.1) is 27.7 Å². The van der Waals surface area contributed by atoms with Crippen molar-refractivity contribution in [2.75, 3.05) is 11.8 Å². The van der Waals surface area contributed by atoms with E-state index >= 15 is 0 Å². The average Bonchev–Trinajstić information content (AvgIpc) is 3.11. The summed E-state index contributed by atoms with van der Waals surface area (Å²) in [5.41, 5.74) is 2.35. The van der Waals surface area contributed by atoms with Crippen molar-refractivity contribution >= 4 is 38.4 Å². The molecule has 0 radical (unpaired) electrons. The van der Waals surface area contributed by atoms with Crippen molar-refractivity contribution in [2.45, 2.75) is 32.6 Å². The Hall–Kier alpha value is -1.90. The van der Waals surface area contributed by atoms with Crippen LogP contribution in [0.2, 0.25) is 0 Å². The van der Waals surface area contributed by atoms with E-state index < -0.39 is 10.0 Å². The Kier molecular flexibility index (Phi) is 5.09. The van der Waals surface area contributed by atoms with Crippen molar-refractivity contribution in [3.8, 4) is 15.6 Å². The fourth-order valence-electron chi connectivity index (χ4n) is 2.52. The van der Waals surface area contributed by atoms with Gasteiger partial charge in [-0.2, -0.15) is 0 Å². The van der Waals surface area contributed by atoms with E-state index in [-0.39, 0.29) is 4.90 Å². The third kappa shape index (κ3) is 3.62. The summed E-state index contributed by atoms with van der Waals surface area (Å²) in [6, 6.07) is 7.08. The quantitative estimate of drug-likeness (QED) is 0.651. The molecule has 0 atom stereocenters. The topological polar surface area (TPSA) is 68.3 Å². The molecule has 3 rings (SSSR count). The van der Waals surface area contributed by atoms with E-state index in [0.717, 1.165) is 30.9 Å². The highest BCUT2D eigenvalue weighted by molar-refractivity contribution is 7.93. The Balaban J connectivity index is 1.99. The highest BCUT2D eigenvalue weighted by Gasteiger charge is 2.23. The van der Waals surface area contributed by atoms with Gasteiger partial charge in [-0.3, -0.25) is 4.72 Å². The van der Waals surface area contributed by atoms with E-state index in [9.17, 15) is 8.42 Å². The summed E-state index contributed by atoms with van der Waals surface area (Å²) >= 11 is 3.01. The van der Waals surface area contributed by atoms with Crippen LogP contribution >= 0.6 is 22.7 Å². The van der Waals surface area contributed by atoms with E-state index in [1.807, 2.05) is 33.8 Å². The number of nitrogens with zero attached hydrogens (tertiary/aromatic N) is 1. The fraction of sp³-hybridized carbons (Fsp3) is 0.278. The molecular formula is C18H20N2O3S3. The van der Waals surface area contributed by atoms with E-state index in [1.54, 1.807) is 29.5 Å². The molecule has 0 amide bonds. The standard InChI is InChI=1S/C18H20N2O3S3/c1-10-6-7-15(23-5)14(8-10)20-26(21,22)17-9-16(24-13(17)4)18-19-11(2)12(3)25-18/h6-9,20H,1-5H3. The number of hydrogen-bond acceptors (Lipinski definition) is 6. The molecule has 0 aliphatic carbocycles. The van der Waals surface area contributed by atoms with Crippen LogP contribution in [-0.2, 0) is 10.0 Å². The number of hydrogen-bond donors (Lipinski definition) is 1.